The molecule has 0 bridgehead atoms. The van der Waals surface area contributed by atoms with Crippen molar-refractivity contribution in [1.82, 2.24) is 4.90 Å². The Balaban J connectivity index is 1.60. The van der Waals surface area contributed by atoms with Crippen molar-refractivity contribution >= 4 is 35.2 Å². The lowest BCUT2D eigenvalue weighted by Gasteiger charge is -2.36. The zero-order valence-electron chi connectivity index (χ0n) is 19.0. The van der Waals surface area contributed by atoms with E-state index in [2.05, 4.69) is 25.1 Å². The van der Waals surface area contributed by atoms with Crippen molar-refractivity contribution in [3.8, 4) is 0 Å². The normalized spacial score (nSPS) is 32.2. The number of rotatable bonds is 7. The molecule has 1 saturated carbocycles. The maximum atomic E-state index is 14.0. The molecule has 0 N–H and O–H groups in total. The van der Waals surface area contributed by atoms with Gasteiger partial charge in [-0.2, -0.15) is 0 Å². The van der Waals surface area contributed by atoms with Gasteiger partial charge in [-0.15, -0.1) is 23.5 Å². The quantitative estimate of drug-likeness (QED) is 0.521. The van der Waals surface area contributed by atoms with E-state index in [4.69, 9.17) is 0 Å². The van der Waals surface area contributed by atoms with Crippen LogP contribution in [0.3, 0.4) is 0 Å². The van der Waals surface area contributed by atoms with Crippen LogP contribution >= 0.6 is 23.5 Å². The molecule has 0 radical (unpaired) electrons. The van der Waals surface area contributed by atoms with Crippen molar-refractivity contribution in [2.75, 3.05) is 18.8 Å². The van der Waals surface area contributed by atoms with Gasteiger partial charge >= 0.3 is 0 Å². The zero-order valence-corrected chi connectivity index (χ0v) is 20.6. The van der Waals surface area contributed by atoms with E-state index in [1.54, 1.807) is 11.8 Å². The third-order valence-corrected chi connectivity index (χ3v) is 10.2. The van der Waals surface area contributed by atoms with Gasteiger partial charge in [-0.1, -0.05) is 56.2 Å². The Morgan fingerprint density at radius 1 is 1.13 bits per heavy atom. The number of carbonyl (C=O) groups excluding carboxylic acids is 2. The molecular weight excluding hydrogens is 422 g/mol. The number of fused-ring (bicyclic) bond motifs is 3. The van der Waals surface area contributed by atoms with Gasteiger partial charge in [0, 0.05) is 29.5 Å². The topological polar surface area (TPSA) is 37.4 Å². The van der Waals surface area contributed by atoms with Crippen molar-refractivity contribution in [1.29, 1.82) is 0 Å². The van der Waals surface area contributed by atoms with Gasteiger partial charge in [0.25, 0.3) is 0 Å². The van der Waals surface area contributed by atoms with E-state index in [1.807, 2.05) is 48.7 Å². The van der Waals surface area contributed by atoms with Crippen LogP contribution in [0.1, 0.15) is 57.9 Å². The van der Waals surface area contributed by atoms with Crippen LogP contribution in [0.25, 0.3) is 0 Å². The third kappa shape index (κ3) is 4.64. The summed E-state index contributed by atoms with van der Waals surface area (Å²) in [7, 11) is 0. The second-order valence-electron chi connectivity index (χ2n) is 9.09. The summed E-state index contributed by atoms with van der Waals surface area (Å²) in [6, 6.07) is 10.2. The van der Waals surface area contributed by atoms with Gasteiger partial charge in [0.2, 0.25) is 5.91 Å². The minimum Gasteiger partial charge on any atom is -0.343 e. The summed E-state index contributed by atoms with van der Waals surface area (Å²) in [6.07, 6.45) is 7.35. The van der Waals surface area contributed by atoms with E-state index in [-0.39, 0.29) is 23.0 Å². The van der Waals surface area contributed by atoms with E-state index in [9.17, 15) is 9.59 Å². The maximum Gasteiger partial charge on any atom is 0.232 e. The SMILES string of the molecule is CC[C@@H]1CC[C@H]2[C@@H]3C(=O)[C@H](c4ccccc4)C(SCC(=O)N(CC)CC)=C[C@H]3S[C@H]2C1. The van der Waals surface area contributed by atoms with Crippen LogP contribution in [-0.2, 0) is 9.59 Å². The average Bonchev–Trinajstić information content (AvgIpc) is 3.16. The first-order chi connectivity index (χ1) is 15.1. The van der Waals surface area contributed by atoms with Crippen molar-refractivity contribution in [2.45, 2.75) is 62.9 Å². The third-order valence-electron chi connectivity index (χ3n) is 7.51. The summed E-state index contributed by atoms with van der Waals surface area (Å²) in [5.74, 6) is 2.25. The maximum absolute atomic E-state index is 14.0. The van der Waals surface area contributed by atoms with E-state index < -0.39 is 0 Å². The van der Waals surface area contributed by atoms with Gasteiger partial charge in [-0.05, 0) is 49.0 Å². The van der Waals surface area contributed by atoms with Gasteiger partial charge in [0.05, 0.1) is 11.7 Å². The molecule has 4 rings (SSSR count). The fraction of sp³-hybridized carbons (Fsp3) is 0.615. The summed E-state index contributed by atoms with van der Waals surface area (Å²) < 4.78 is 0. The van der Waals surface area contributed by atoms with Crippen LogP contribution < -0.4 is 0 Å². The number of nitrogens with zero attached hydrogens (tertiary/aromatic N) is 1. The molecule has 2 aliphatic carbocycles. The number of hydrogen-bond donors (Lipinski definition) is 0. The highest BCUT2D eigenvalue weighted by molar-refractivity contribution is 8.04. The molecule has 1 saturated heterocycles. The molecule has 3 aliphatic rings. The lowest BCUT2D eigenvalue weighted by molar-refractivity contribution is -0.128. The number of ketones is 1. The van der Waals surface area contributed by atoms with Gasteiger partial charge in [0.1, 0.15) is 5.78 Å². The van der Waals surface area contributed by atoms with E-state index in [1.165, 1.54) is 25.7 Å². The molecule has 31 heavy (non-hydrogen) atoms. The monoisotopic (exact) mass is 457 g/mol. The Bertz CT molecular complexity index is 820. The minimum atomic E-state index is -0.208. The van der Waals surface area contributed by atoms with Crippen LogP contribution in [-0.4, -0.2) is 45.9 Å². The molecule has 1 aliphatic heterocycles. The van der Waals surface area contributed by atoms with Crippen molar-refractivity contribution in [3.05, 3.63) is 46.9 Å². The Morgan fingerprint density at radius 3 is 2.55 bits per heavy atom. The molecular formula is C26H35NO2S2. The highest BCUT2D eigenvalue weighted by Gasteiger charge is 2.52. The predicted octanol–water partition coefficient (Wildman–Crippen LogP) is 5.76. The summed E-state index contributed by atoms with van der Waals surface area (Å²) >= 11 is 3.64. The van der Waals surface area contributed by atoms with Crippen LogP contribution in [0.5, 0.6) is 0 Å². The summed E-state index contributed by atoms with van der Waals surface area (Å²) in [4.78, 5) is 29.6. The van der Waals surface area contributed by atoms with Crippen LogP contribution in [0.2, 0.25) is 0 Å². The zero-order chi connectivity index (χ0) is 22.0. The highest BCUT2D eigenvalue weighted by atomic mass is 32.2. The molecule has 1 aromatic carbocycles. The number of allylic oxidation sites excluding steroid dienone is 1. The lowest BCUT2D eigenvalue weighted by atomic mass is 9.68. The number of hydrogen-bond acceptors (Lipinski definition) is 4. The minimum absolute atomic E-state index is 0.140. The molecule has 1 amide bonds. The number of benzene rings is 1. The first-order valence-electron chi connectivity index (χ1n) is 11.9. The molecule has 1 aromatic rings. The Labute approximate surface area is 195 Å². The van der Waals surface area contributed by atoms with Crippen molar-refractivity contribution in [3.63, 3.8) is 0 Å². The van der Waals surface area contributed by atoms with Gasteiger partial charge in [0.15, 0.2) is 0 Å². The van der Waals surface area contributed by atoms with E-state index in [0.717, 1.165) is 29.5 Å². The van der Waals surface area contributed by atoms with Gasteiger partial charge in [-0.3, -0.25) is 9.59 Å². The summed E-state index contributed by atoms with van der Waals surface area (Å²) in [6.45, 7) is 7.81. The molecule has 1 heterocycles. The van der Waals surface area contributed by atoms with Crippen LogP contribution in [0, 0.1) is 17.8 Å². The van der Waals surface area contributed by atoms with E-state index in [0.29, 0.717) is 22.7 Å². The summed E-state index contributed by atoms with van der Waals surface area (Å²) in [5, 5.41) is 0.899. The Hall–Kier alpha value is -1.20. The highest BCUT2D eigenvalue weighted by Crippen LogP contribution is 2.57. The average molecular weight is 458 g/mol. The molecule has 0 spiro atoms. The smallest absolute Gasteiger partial charge is 0.232 e. The standard InChI is InChI=1S/C26H35NO2S2/c1-4-17-12-13-19-20(14-17)31-22-15-21(30-16-23(28)27(5-2)6-3)24(26(29)25(19)22)18-10-8-7-9-11-18/h7-11,15,17,19-20,22,24-25H,4-6,12-14,16H2,1-3H3/t17-,19-,20+,22-,24-,25+/m1/s1. The first kappa shape index (κ1) is 23.0. The first-order valence-corrected chi connectivity index (χ1v) is 13.9. The van der Waals surface area contributed by atoms with Crippen molar-refractivity contribution < 1.29 is 9.59 Å². The van der Waals surface area contributed by atoms with Crippen LogP contribution in [0.15, 0.2) is 41.3 Å². The molecule has 5 heteroatoms. The fourth-order valence-corrected chi connectivity index (χ4v) is 8.97. The number of Topliss-reactive ketones (excluding diaryl/α,β-unsaturated/α-hetero) is 1. The fourth-order valence-electron chi connectivity index (χ4n) is 5.73. The molecule has 0 aromatic heterocycles. The largest absolute Gasteiger partial charge is 0.343 e. The second-order valence-corrected chi connectivity index (χ2v) is 11.6. The molecule has 3 nitrogen and oxygen atoms in total. The van der Waals surface area contributed by atoms with Gasteiger partial charge < -0.3 is 4.90 Å². The van der Waals surface area contributed by atoms with E-state index >= 15 is 0 Å². The number of thioether (sulfide) groups is 2. The van der Waals surface area contributed by atoms with Crippen molar-refractivity contribution in [2.24, 2.45) is 17.8 Å². The summed E-state index contributed by atoms with van der Waals surface area (Å²) in [5.41, 5.74) is 1.08. The molecule has 168 valence electrons. The lowest BCUT2D eigenvalue weighted by Crippen LogP contribution is -2.38. The Morgan fingerprint density at radius 2 is 1.87 bits per heavy atom. The second kappa shape index (κ2) is 10.2. The molecule has 6 atom stereocenters. The molecule has 0 unspecified atom stereocenters. The molecule has 2 fully saturated rings. The van der Waals surface area contributed by atoms with Crippen LogP contribution in [0.4, 0.5) is 0 Å². The number of amides is 1. The Kier molecular flexibility index (Phi) is 7.53. The van der Waals surface area contributed by atoms with Gasteiger partial charge in [-0.25, -0.2) is 0 Å². The predicted molar refractivity (Wildman–Crippen MR) is 132 cm³/mol. The number of carbonyl (C=O) groups is 2.